The Morgan fingerprint density at radius 2 is 1.65 bits per heavy atom. The average Bonchev–Trinajstić information content (AvgIpc) is 2.48. The second kappa shape index (κ2) is 5.63. The van der Waals surface area contributed by atoms with Crippen LogP contribution in [0.4, 0.5) is 10.1 Å². The fourth-order valence-electron chi connectivity index (χ4n) is 2.86. The lowest BCUT2D eigenvalue weighted by Gasteiger charge is -2.42. The highest BCUT2D eigenvalue weighted by Crippen LogP contribution is 2.31. The second-order valence-electron chi connectivity index (χ2n) is 5.33. The van der Waals surface area contributed by atoms with E-state index in [1.54, 1.807) is 12.1 Å². The Hall–Kier alpha value is -1.87. The van der Waals surface area contributed by atoms with E-state index in [1.807, 2.05) is 30.3 Å². The summed E-state index contributed by atoms with van der Waals surface area (Å²) in [6.45, 7) is 2.76. The van der Waals surface area contributed by atoms with Crippen molar-refractivity contribution in [1.29, 1.82) is 0 Å². The van der Waals surface area contributed by atoms with Gasteiger partial charge in [-0.3, -0.25) is 0 Å². The van der Waals surface area contributed by atoms with E-state index in [0.717, 1.165) is 30.9 Å². The van der Waals surface area contributed by atoms with E-state index in [1.165, 1.54) is 0 Å². The van der Waals surface area contributed by atoms with Crippen molar-refractivity contribution in [2.75, 3.05) is 31.6 Å². The Morgan fingerprint density at radius 3 is 2.40 bits per heavy atom. The predicted molar refractivity (Wildman–Crippen MR) is 80.4 cm³/mol. The standard InChI is InChI=1S/C17H19FN2/c1-19-11-12-20(14-7-3-2-4-8-14)17(13-19)15-9-5-6-10-16(15)18/h2-10,17H,11-13H2,1H3. The first-order valence-electron chi connectivity index (χ1n) is 7.00. The van der Waals surface area contributed by atoms with Crippen molar-refractivity contribution in [3.05, 3.63) is 66.0 Å². The summed E-state index contributed by atoms with van der Waals surface area (Å²) in [5, 5.41) is 0. The van der Waals surface area contributed by atoms with E-state index in [9.17, 15) is 4.39 Å². The molecule has 1 aliphatic heterocycles. The molecule has 2 aromatic carbocycles. The maximum Gasteiger partial charge on any atom is 0.128 e. The van der Waals surface area contributed by atoms with Gasteiger partial charge < -0.3 is 9.80 Å². The summed E-state index contributed by atoms with van der Waals surface area (Å²) in [5.74, 6) is -0.117. The molecule has 2 aromatic rings. The van der Waals surface area contributed by atoms with E-state index in [4.69, 9.17) is 0 Å². The largest absolute Gasteiger partial charge is 0.362 e. The number of para-hydroxylation sites is 1. The van der Waals surface area contributed by atoms with Crippen molar-refractivity contribution in [1.82, 2.24) is 4.90 Å². The number of benzene rings is 2. The fraction of sp³-hybridized carbons (Fsp3) is 0.294. The van der Waals surface area contributed by atoms with Gasteiger partial charge in [0.25, 0.3) is 0 Å². The van der Waals surface area contributed by atoms with Crippen LogP contribution in [0, 0.1) is 5.82 Å². The highest BCUT2D eigenvalue weighted by atomic mass is 19.1. The monoisotopic (exact) mass is 270 g/mol. The van der Waals surface area contributed by atoms with Crippen LogP contribution in [0.25, 0.3) is 0 Å². The molecular formula is C17H19FN2. The second-order valence-corrected chi connectivity index (χ2v) is 5.33. The molecule has 1 unspecified atom stereocenters. The molecule has 1 heterocycles. The van der Waals surface area contributed by atoms with Gasteiger partial charge in [-0.05, 0) is 25.2 Å². The van der Waals surface area contributed by atoms with Gasteiger partial charge in [0.1, 0.15) is 5.82 Å². The zero-order valence-corrected chi connectivity index (χ0v) is 11.7. The molecule has 0 radical (unpaired) electrons. The van der Waals surface area contributed by atoms with E-state index in [-0.39, 0.29) is 11.9 Å². The van der Waals surface area contributed by atoms with Crippen molar-refractivity contribution < 1.29 is 4.39 Å². The van der Waals surface area contributed by atoms with Crippen LogP contribution in [0.3, 0.4) is 0 Å². The molecule has 1 atom stereocenters. The van der Waals surface area contributed by atoms with E-state index in [2.05, 4.69) is 29.0 Å². The maximum absolute atomic E-state index is 14.1. The SMILES string of the molecule is CN1CCN(c2ccccc2)C(c2ccccc2F)C1. The smallest absolute Gasteiger partial charge is 0.128 e. The van der Waals surface area contributed by atoms with Gasteiger partial charge in [0.2, 0.25) is 0 Å². The van der Waals surface area contributed by atoms with Crippen LogP contribution in [-0.4, -0.2) is 31.6 Å². The van der Waals surface area contributed by atoms with Gasteiger partial charge in [0, 0.05) is 30.9 Å². The minimum atomic E-state index is -0.117. The van der Waals surface area contributed by atoms with Crippen LogP contribution in [-0.2, 0) is 0 Å². The van der Waals surface area contributed by atoms with Crippen molar-refractivity contribution in [2.45, 2.75) is 6.04 Å². The number of nitrogens with zero attached hydrogens (tertiary/aromatic N) is 2. The lowest BCUT2D eigenvalue weighted by atomic mass is 10.0. The highest BCUT2D eigenvalue weighted by molar-refractivity contribution is 5.49. The lowest BCUT2D eigenvalue weighted by Crippen LogP contribution is -2.47. The molecule has 0 N–H and O–H groups in total. The third-order valence-corrected chi connectivity index (χ3v) is 3.94. The summed E-state index contributed by atoms with van der Waals surface area (Å²) in [6, 6.07) is 17.4. The minimum Gasteiger partial charge on any atom is -0.362 e. The minimum absolute atomic E-state index is 0.0670. The molecule has 1 aliphatic rings. The maximum atomic E-state index is 14.1. The molecule has 0 spiro atoms. The van der Waals surface area contributed by atoms with Crippen LogP contribution in [0.2, 0.25) is 0 Å². The van der Waals surface area contributed by atoms with Crippen molar-refractivity contribution in [2.24, 2.45) is 0 Å². The molecule has 0 aromatic heterocycles. The van der Waals surface area contributed by atoms with Crippen molar-refractivity contribution in [3.63, 3.8) is 0 Å². The van der Waals surface area contributed by atoms with Gasteiger partial charge in [-0.1, -0.05) is 36.4 Å². The Bertz CT molecular complexity index is 570. The number of rotatable bonds is 2. The number of likely N-dealkylation sites (N-methyl/N-ethyl adjacent to an activating group) is 1. The van der Waals surface area contributed by atoms with Gasteiger partial charge >= 0.3 is 0 Å². The van der Waals surface area contributed by atoms with E-state index >= 15 is 0 Å². The summed E-state index contributed by atoms with van der Waals surface area (Å²) < 4.78 is 14.1. The predicted octanol–water partition coefficient (Wildman–Crippen LogP) is 3.32. The van der Waals surface area contributed by atoms with Crippen LogP contribution >= 0.6 is 0 Å². The Morgan fingerprint density at radius 1 is 0.950 bits per heavy atom. The number of anilines is 1. The number of hydrogen-bond donors (Lipinski definition) is 0. The first-order valence-corrected chi connectivity index (χ1v) is 7.00. The molecule has 20 heavy (non-hydrogen) atoms. The Balaban J connectivity index is 1.98. The van der Waals surface area contributed by atoms with Crippen LogP contribution in [0.5, 0.6) is 0 Å². The zero-order chi connectivity index (χ0) is 13.9. The quantitative estimate of drug-likeness (QED) is 0.826. The fourth-order valence-corrected chi connectivity index (χ4v) is 2.86. The van der Waals surface area contributed by atoms with Gasteiger partial charge in [0.15, 0.2) is 0 Å². The molecule has 3 rings (SSSR count). The highest BCUT2D eigenvalue weighted by Gasteiger charge is 2.28. The van der Waals surface area contributed by atoms with Crippen LogP contribution in [0.1, 0.15) is 11.6 Å². The third kappa shape index (κ3) is 2.54. The molecule has 0 saturated carbocycles. The summed E-state index contributed by atoms with van der Waals surface area (Å²) in [7, 11) is 2.09. The van der Waals surface area contributed by atoms with E-state index in [0.29, 0.717) is 0 Å². The van der Waals surface area contributed by atoms with E-state index < -0.39 is 0 Å². The summed E-state index contributed by atoms with van der Waals surface area (Å²) in [6.07, 6.45) is 0. The topological polar surface area (TPSA) is 6.48 Å². The van der Waals surface area contributed by atoms with Crippen molar-refractivity contribution >= 4 is 5.69 Å². The number of hydrogen-bond acceptors (Lipinski definition) is 2. The molecule has 0 amide bonds. The Labute approximate surface area is 119 Å². The molecular weight excluding hydrogens is 251 g/mol. The number of halogens is 1. The molecule has 104 valence electrons. The van der Waals surface area contributed by atoms with Crippen LogP contribution in [0.15, 0.2) is 54.6 Å². The third-order valence-electron chi connectivity index (χ3n) is 3.94. The number of piperazine rings is 1. The van der Waals surface area contributed by atoms with Crippen molar-refractivity contribution in [3.8, 4) is 0 Å². The molecule has 0 bridgehead atoms. The zero-order valence-electron chi connectivity index (χ0n) is 11.7. The summed E-state index contributed by atoms with van der Waals surface area (Å²) in [5.41, 5.74) is 1.94. The summed E-state index contributed by atoms with van der Waals surface area (Å²) >= 11 is 0. The summed E-state index contributed by atoms with van der Waals surface area (Å²) in [4.78, 5) is 4.56. The first kappa shape index (κ1) is 13.1. The van der Waals surface area contributed by atoms with Gasteiger partial charge in [0.05, 0.1) is 6.04 Å². The molecule has 3 heteroatoms. The van der Waals surface area contributed by atoms with Gasteiger partial charge in [-0.25, -0.2) is 4.39 Å². The normalized spacial score (nSPS) is 20.1. The molecule has 0 aliphatic carbocycles. The van der Waals surface area contributed by atoms with Gasteiger partial charge in [-0.2, -0.15) is 0 Å². The first-order chi connectivity index (χ1) is 9.75. The lowest BCUT2D eigenvalue weighted by molar-refractivity contribution is 0.266. The molecule has 1 fully saturated rings. The average molecular weight is 270 g/mol. The van der Waals surface area contributed by atoms with Crippen LogP contribution < -0.4 is 4.90 Å². The van der Waals surface area contributed by atoms with Gasteiger partial charge in [-0.15, -0.1) is 0 Å². The Kier molecular flexibility index (Phi) is 3.70. The molecule has 2 nitrogen and oxygen atoms in total. The molecule has 1 saturated heterocycles.